The average Bonchev–Trinajstić information content (AvgIpc) is 2.44. The van der Waals surface area contributed by atoms with Gasteiger partial charge in [0.25, 0.3) is 0 Å². The van der Waals surface area contributed by atoms with Gasteiger partial charge < -0.3 is 10.6 Å². The Balaban J connectivity index is 2.96. The first kappa shape index (κ1) is 18.7. The smallest absolute Gasteiger partial charge is 0.171 e. The van der Waals surface area contributed by atoms with Crippen LogP contribution in [0.5, 0.6) is 0 Å². The van der Waals surface area contributed by atoms with E-state index in [0.29, 0.717) is 16.9 Å². The number of allylic oxidation sites excluding steroid dienone is 1. The number of rotatable bonds is 5. The lowest BCUT2D eigenvalue weighted by molar-refractivity contribution is 0.838. The van der Waals surface area contributed by atoms with E-state index in [1.54, 1.807) is 0 Å². The fourth-order valence-electron chi connectivity index (χ4n) is 2.24. The zero-order chi connectivity index (χ0) is 16.9. The van der Waals surface area contributed by atoms with Crippen molar-refractivity contribution >= 4 is 23.0 Å². The summed E-state index contributed by atoms with van der Waals surface area (Å²) in [5, 5.41) is 7.43. The number of benzene rings is 1. The molecule has 0 aliphatic rings. The van der Waals surface area contributed by atoms with E-state index in [9.17, 15) is 0 Å². The van der Waals surface area contributed by atoms with Crippen molar-refractivity contribution in [3.05, 3.63) is 40.5 Å². The Morgan fingerprint density at radius 3 is 1.91 bits per heavy atom. The molecular weight excluding hydrogens is 288 g/mol. The quantitative estimate of drug-likeness (QED) is 0.548. The highest BCUT2D eigenvalue weighted by Crippen LogP contribution is 2.32. The summed E-state index contributed by atoms with van der Waals surface area (Å²) < 4.78 is 0. The van der Waals surface area contributed by atoms with Gasteiger partial charge in [-0.05, 0) is 56.0 Å². The van der Waals surface area contributed by atoms with Gasteiger partial charge in [0.15, 0.2) is 5.11 Å². The molecule has 0 saturated heterocycles. The molecule has 1 rings (SSSR count). The Morgan fingerprint density at radius 2 is 1.50 bits per heavy atom. The third kappa shape index (κ3) is 5.13. The summed E-state index contributed by atoms with van der Waals surface area (Å²) in [4.78, 5) is 0. The van der Waals surface area contributed by atoms with Crippen LogP contribution in [0.4, 0.5) is 5.69 Å². The van der Waals surface area contributed by atoms with Crippen molar-refractivity contribution in [1.29, 1.82) is 0 Å². The van der Waals surface area contributed by atoms with Crippen molar-refractivity contribution < 1.29 is 0 Å². The molecule has 0 unspecified atom stereocenters. The van der Waals surface area contributed by atoms with E-state index in [-0.39, 0.29) is 0 Å². The predicted octanol–water partition coefficient (Wildman–Crippen LogP) is 5.58. The fourth-order valence-corrected chi connectivity index (χ4v) is 2.42. The molecule has 1 aromatic carbocycles. The standard InChI is InChI=1S/C19H30N2S/c1-12(2)15(7)11-20-19(22)21-18-16(13(3)4)9-8-10-17(18)14(5)6/h8-10,13-14H,11H2,1-7H3,(H2,20,21,22). The molecule has 0 atom stereocenters. The first-order valence-electron chi connectivity index (χ1n) is 8.04. The molecule has 122 valence electrons. The third-order valence-electron chi connectivity index (χ3n) is 3.98. The van der Waals surface area contributed by atoms with Crippen LogP contribution in [0.3, 0.4) is 0 Å². The number of para-hydroxylation sites is 1. The van der Waals surface area contributed by atoms with Gasteiger partial charge in [0, 0.05) is 12.2 Å². The van der Waals surface area contributed by atoms with Crippen LogP contribution in [0, 0.1) is 0 Å². The Bertz CT molecular complexity index is 526. The first-order valence-corrected chi connectivity index (χ1v) is 8.45. The molecule has 0 radical (unpaired) electrons. The molecule has 2 nitrogen and oxygen atoms in total. The van der Waals surface area contributed by atoms with Gasteiger partial charge in [-0.25, -0.2) is 0 Å². The molecule has 0 heterocycles. The van der Waals surface area contributed by atoms with Crippen LogP contribution in [-0.2, 0) is 0 Å². The molecule has 2 N–H and O–H groups in total. The molecule has 3 heteroatoms. The normalized spacial score (nSPS) is 10.8. The highest BCUT2D eigenvalue weighted by Gasteiger charge is 2.14. The second-order valence-electron chi connectivity index (χ2n) is 6.71. The summed E-state index contributed by atoms with van der Waals surface area (Å²) in [7, 11) is 0. The van der Waals surface area contributed by atoms with Crippen molar-refractivity contribution in [2.45, 2.75) is 60.3 Å². The SMILES string of the molecule is CC(C)=C(C)CNC(=S)Nc1c(C(C)C)cccc1C(C)C. The molecule has 1 aromatic rings. The fraction of sp³-hybridized carbons (Fsp3) is 0.526. The van der Waals surface area contributed by atoms with Crippen molar-refractivity contribution in [3.63, 3.8) is 0 Å². The minimum absolute atomic E-state index is 0.462. The van der Waals surface area contributed by atoms with Crippen LogP contribution in [-0.4, -0.2) is 11.7 Å². The van der Waals surface area contributed by atoms with E-state index in [4.69, 9.17) is 12.2 Å². The average molecular weight is 319 g/mol. The van der Waals surface area contributed by atoms with Gasteiger partial charge >= 0.3 is 0 Å². The molecule has 22 heavy (non-hydrogen) atoms. The van der Waals surface area contributed by atoms with Crippen molar-refractivity contribution in [1.82, 2.24) is 5.32 Å². The van der Waals surface area contributed by atoms with Gasteiger partial charge in [0.05, 0.1) is 0 Å². The Morgan fingerprint density at radius 1 is 1.00 bits per heavy atom. The Kier molecular flexibility index (Phi) is 7.08. The molecule has 0 aromatic heterocycles. The number of thiocarbonyl (C=S) groups is 1. The van der Waals surface area contributed by atoms with Crippen molar-refractivity contribution in [2.24, 2.45) is 0 Å². The molecule has 0 spiro atoms. The summed E-state index contributed by atoms with van der Waals surface area (Å²) in [5.41, 5.74) is 6.45. The predicted molar refractivity (Wildman–Crippen MR) is 103 cm³/mol. The monoisotopic (exact) mass is 318 g/mol. The maximum atomic E-state index is 5.49. The highest BCUT2D eigenvalue weighted by molar-refractivity contribution is 7.80. The molecule has 0 fully saturated rings. The summed E-state index contributed by atoms with van der Waals surface area (Å²) >= 11 is 5.49. The summed E-state index contributed by atoms with van der Waals surface area (Å²) in [5.74, 6) is 0.923. The third-order valence-corrected chi connectivity index (χ3v) is 4.23. The number of hydrogen-bond acceptors (Lipinski definition) is 1. The van der Waals surface area contributed by atoms with E-state index < -0.39 is 0 Å². The first-order chi connectivity index (χ1) is 10.2. The van der Waals surface area contributed by atoms with Crippen molar-refractivity contribution in [2.75, 3.05) is 11.9 Å². The van der Waals surface area contributed by atoms with E-state index in [1.165, 1.54) is 28.0 Å². The molecule has 0 aliphatic heterocycles. The van der Waals surface area contributed by atoms with Crippen LogP contribution in [0.1, 0.15) is 71.4 Å². The van der Waals surface area contributed by atoms with Gasteiger partial charge in [0.1, 0.15) is 0 Å². The zero-order valence-electron chi connectivity index (χ0n) is 15.0. The lowest BCUT2D eigenvalue weighted by Crippen LogP contribution is -2.31. The largest absolute Gasteiger partial charge is 0.359 e. The summed E-state index contributed by atoms with van der Waals surface area (Å²) in [6.07, 6.45) is 0. The molecule has 0 bridgehead atoms. The summed E-state index contributed by atoms with van der Waals surface area (Å²) in [6.45, 7) is 16.0. The lowest BCUT2D eigenvalue weighted by Gasteiger charge is -2.21. The minimum atomic E-state index is 0.462. The minimum Gasteiger partial charge on any atom is -0.359 e. The molecule has 0 aliphatic carbocycles. The van der Waals surface area contributed by atoms with Crippen LogP contribution in [0.25, 0.3) is 0 Å². The maximum Gasteiger partial charge on any atom is 0.171 e. The summed E-state index contributed by atoms with van der Waals surface area (Å²) in [6, 6.07) is 6.51. The highest BCUT2D eigenvalue weighted by atomic mass is 32.1. The van der Waals surface area contributed by atoms with Gasteiger partial charge in [0.2, 0.25) is 0 Å². The number of hydrogen-bond donors (Lipinski definition) is 2. The lowest BCUT2D eigenvalue weighted by atomic mass is 9.93. The molecular formula is C19H30N2S. The molecule has 0 amide bonds. The van der Waals surface area contributed by atoms with Gasteiger partial charge in [-0.3, -0.25) is 0 Å². The van der Waals surface area contributed by atoms with Crippen LogP contribution in [0.2, 0.25) is 0 Å². The number of anilines is 1. The van der Waals surface area contributed by atoms with E-state index in [1.807, 2.05) is 0 Å². The maximum absolute atomic E-state index is 5.49. The number of nitrogens with one attached hydrogen (secondary N) is 2. The topological polar surface area (TPSA) is 24.1 Å². The van der Waals surface area contributed by atoms with Gasteiger partial charge in [-0.15, -0.1) is 0 Å². The van der Waals surface area contributed by atoms with Crippen LogP contribution < -0.4 is 10.6 Å². The second-order valence-corrected chi connectivity index (χ2v) is 7.12. The van der Waals surface area contributed by atoms with E-state index >= 15 is 0 Å². The van der Waals surface area contributed by atoms with Gasteiger partial charge in [-0.1, -0.05) is 57.0 Å². The molecule has 0 saturated carbocycles. The van der Waals surface area contributed by atoms with Crippen molar-refractivity contribution in [3.8, 4) is 0 Å². The van der Waals surface area contributed by atoms with E-state index in [0.717, 1.165) is 6.54 Å². The van der Waals surface area contributed by atoms with E-state index in [2.05, 4.69) is 77.3 Å². The Labute approximate surface area is 141 Å². The van der Waals surface area contributed by atoms with Crippen LogP contribution >= 0.6 is 12.2 Å². The zero-order valence-corrected chi connectivity index (χ0v) is 15.8. The van der Waals surface area contributed by atoms with Gasteiger partial charge in [-0.2, -0.15) is 0 Å². The second kappa shape index (κ2) is 8.33. The Hall–Kier alpha value is -1.35. The van der Waals surface area contributed by atoms with Crippen LogP contribution in [0.15, 0.2) is 29.3 Å².